The van der Waals surface area contributed by atoms with Crippen molar-refractivity contribution in [3.8, 4) is 0 Å². The monoisotopic (exact) mass is 275 g/mol. The fraction of sp³-hybridized carbons (Fsp3) is 0.917. The Bertz CT molecular complexity index is 196. The molecule has 0 radical (unpaired) electrons. The summed E-state index contributed by atoms with van der Waals surface area (Å²) in [6, 6.07) is 0. The number of alkyl halides is 1. The largest absolute Gasteiger partial charge is 0.343 e. The summed E-state index contributed by atoms with van der Waals surface area (Å²) in [6.45, 7) is 4.15. The zero-order valence-corrected chi connectivity index (χ0v) is 11.3. The quantitative estimate of drug-likeness (QED) is 0.706. The van der Waals surface area contributed by atoms with Crippen molar-refractivity contribution >= 4 is 21.8 Å². The van der Waals surface area contributed by atoms with Crippen LogP contribution in [0.15, 0.2) is 0 Å². The minimum atomic E-state index is 0.370. The highest BCUT2D eigenvalue weighted by molar-refractivity contribution is 9.09. The van der Waals surface area contributed by atoms with E-state index in [2.05, 4.69) is 27.8 Å². The van der Waals surface area contributed by atoms with Crippen LogP contribution in [0, 0.1) is 5.92 Å². The van der Waals surface area contributed by atoms with Crippen LogP contribution in [-0.2, 0) is 4.79 Å². The third kappa shape index (κ3) is 4.54. The molecule has 1 rings (SSSR count). The van der Waals surface area contributed by atoms with Gasteiger partial charge < -0.3 is 4.90 Å². The molecule has 1 unspecified atom stereocenters. The Morgan fingerprint density at radius 3 is 2.93 bits per heavy atom. The fourth-order valence-electron chi connectivity index (χ4n) is 2.28. The summed E-state index contributed by atoms with van der Waals surface area (Å²) in [7, 11) is 0. The van der Waals surface area contributed by atoms with Crippen LogP contribution in [0.4, 0.5) is 0 Å². The molecule has 3 heteroatoms. The Kier molecular flexibility index (Phi) is 6.30. The van der Waals surface area contributed by atoms with Crippen LogP contribution in [0.5, 0.6) is 0 Å². The smallest absolute Gasteiger partial charge is 0.222 e. The summed E-state index contributed by atoms with van der Waals surface area (Å²) >= 11 is 3.41. The van der Waals surface area contributed by atoms with Crippen molar-refractivity contribution in [3.05, 3.63) is 0 Å². The lowest BCUT2D eigenvalue weighted by Crippen LogP contribution is -2.31. The summed E-state index contributed by atoms with van der Waals surface area (Å²) in [5.41, 5.74) is 0. The SMILES string of the molecule is CCCC1CCC(=O)N(CCCBr)CC1. The van der Waals surface area contributed by atoms with Gasteiger partial charge in [0.15, 0.2) is 0 Å². The van der Waals surface area contributed by atoms with E-state index in [1.165, 1.54) is 19.3 Å². The van der Waals surface area contributed by atoms with Gasteiger partial charge in [-0.25, -0.2) is 0 Å². The van der Waals surface area contributed by atoms with Gasteiger partial charge in [0.25, 0.3) is 0 Å². The molecule has 0 bridgehead atoms. The number of carbonyl (C=O) groups is 1. The zero-order valence-electron chi connectivity index (χ0n) is 9.67. The molecule has 1 aliphatic rings. The fourth-order valence-corrected chi connectivity index (χ4v) is 2.53. The summed E-state index contributed by atoms with van der Waals surface area (Å²) in [5, 5.41) is 0.995. The topological polar surface area (TPSA) is 20.3 Å². The molecule has 0 aromatic carbocycles. The molecule has 88 valence electrons. The summed E-state index contributed by atoms with van der Waals surface area (Å²) in [6.07, 6.45) is 6.70. The van der Waals surface area contributed by atoms with Crippen molar-refractivity contribution in [3.63, 3.8) is 0 Å². The van der Waals surface area contributed by atoms with Crippen LogP contribution >= 0.6 is 15.9 Å². The minimum Gasteiger partial charge on any atom is -0.343 e. The van der Waals surface area contributed by atoms with Crippen LogP contribution < -0.4 is 0 Å². The number of nitrogens with zero attached hydrogens (tertiary/aromatic N) is 1. The van der Waals surface area contributed by atoms with Crippen LogP contribution in [0.1, 0.15) is 45.4 Å². The third-order valence-electron chi connectivity index (χ3n) is 3.19. The first-order valence-corrected chi connectivity index (χ1v) is 7.23. The van der Waals surface area contributed by atoms with Gasteiger partial charge in [-0.1, -0.05) is 35.7 Å². The predicted molar refractivity (Wildman–Crippen MR) is 67.2 cm³/mol. The lowest BCUT2D eigenvalue weighted by molar-refractivity contribution is -0.130. The number of amides is 1. The molecule has 1 amide bonds. The molecular weight excluding hydrogens is 254 g/mol. The maximum Gasteiger partial charge on any atom is 0.222 e. The molecule has 1 atom stereocenters. The van der Waals surface area contributed by atoms with E-state index in [1.54, 1.807) is 0 Å². The maximum absolute atomic E-state index is 11.8. The maximum atomic E-state index is 11.8. The van der Waals surface area contributed by atoms with Gasteiger partial charge in [-0.05, 0) is 25.2 Å². The number of hydrogen-bond acceptors (Lipinski definition) is 1. The van der Waals surface area contributed by atoms with Crippen LogP contribution in [0.2, 0.25) is 0 Å². The van der Waals surface area contributed by atoms with Gasteiger partial charge >= 0.3 is 0 Å². The van der Waals surface area contributed by atoms with Crippen LogP contribution in [0.25, 0.3) is 0 Å². The van der Waals surface area contributed by atoms with E-state index in [4.69, 9.17) is 0 Å². The van der Waals surface area contributed by atoms with E-state index in [-0.39, 0.29) is 0 Å². The van der Waals surface area contributed by atoms with Crippen molar-refractivity contribution < 1.29 is 4.79 Å². The molecule has 0 saturated carbocycles. The van der Waals surface area contributed by atoms with Crippen molar-refractivity contribution in [1.29, 1.82) is 0 Å². The van der Waals surface area contributed by atoms with Crippen molar-refractivity contribution in [2.75, 3.05) is 18.4 Å². The standard InChI is InChI=1S/C12H22BrNO/c1-2-4-11-5-6-12(15)14(10-7-11)9-3-8-13/h11H,2-10H2,1H3. The van der Waals surface area contributed by atoms with Gasteiger partial charge in [-0.15, -0.1) is 0 Å². The molecule has 1 saturated heterocycles. The summed E-state index contributed by atoms with van der Waals surface area (Å²) < 4.78 is 0. The lowest BCUT2D eigenvalue weighted by atomic mass is 9.96. The molecule has 15 heavy (non-hydrogen) atoms. The number of halogens is 1. The zero-order chi connectivity index (χ0) is 11.1. The number of rotatable bonds is 5. The predicted octanol–water partition coefficient (Wildman–Crippen LogP) is 3.20. The van der Waals surface area contributed by atoms with Gasteiger partial charge in [-0.3, -0.25) is 4.79 Å². The van der Waals surface area contributed by atoms with E-state index in [1.807, 2.05) is 0 Å². The van der Waals surface area contributed by atoms with E-state index >= 15 is 0 Å². The highest BCUT2D eigenvalue weighted by atomic mass is 79.9. The minimum absolute atomic E-state index is 0.370. The van der Waals surface area contributed by atoms with Gasteiger partial charge in [0.05, 0.1) is 0 Å². The Labute approximate surface area is 102 Å². The molecule has 0 aliphatic carbocycles. The van der Waals surface area contributed by atoms with Gasteiger partial charge in [0.1, 0.15) is 0 Å². The Balaban J connectivity index is 2.37. The number of carbonyl (C=O) groups excluding carboxylic acids is 1. The van der Waals surface area contributed by atoms with Gasteiger partial charge in [-0.2, -0.15) is 0 Å². The molecule has 1 fully saturated rings. The molecular formula is C12H22BrNO. The number of hydrogen-bond donors (Lipinski definition) is 0. The Hall–Kier alpha value is -0.0500. The summed E-state index contributed by atoms with van der Waals surface area (Å²) in [4.78, 5) is 13.8. The molecule has 1 aliphatic heterocycles. The van der Waals surface area contributed by atoms with E-state index in [9.17, 15) is 4.79 Å². The highest BCUT2D eigenvalue weighted by Crippen LogP contribution is 2.22. The molecule has 0 aromatic rings. The first-order valence-electron chi connectivity index (χ1n) is 6.11. The third-order valence-corrected chi connectivity index (χ3v) is 3.75. The second-order valence-electron chi connectivity index (χ2n) is 4.41. The normalized spacial score (nSPS) is 22.9. The molecule has 0 aromatic heterocycles. The van der Waals surface area contributed by atoms with Crippen LogP contribution in [-0.4, -0.2) is 29.2 Å². The van der Waals surface area contributed by atoms with E-state index < -0.39 is 0 Å². The first kappa shape index (κ1) is 13.0. The second-order valence-corrected chi connectivity index (χ2v) is 5.20. The van der Waals surface area contributed by atoms with Gasteiger partial charge in [0, 0.05) is 24.8 Å². The number of likely N-dealkylation sites (tertiary alicyclic amines) is 1. The van der Waals surface area contributed by atoms with Crippen LogP contribution in [0.3, 0.4) is 0 Å². The molecule has 1 heterocycles. The average Bonchev–Trinajstić information content (AvgIpc) is 2.40. The van der Waals surface area contributed by atoms with Gasteiger partial charge in [0.2, 0.25) is 5.91 Å². The molecule has 0 N–H and O–H groups in total. The van der Waals surface area contributed by atoms with Crippen molar-refractivity contribution in [2.45, 2.75) is 45.4 Å². The first-order chi connectivity index (χ1) is 7.27. The van der Waals surface area contributed by atoms with Crippen molar-refractivity contribution in [1.82, 2.24) is 4.90 Å². The molecule has 0 spiro atoms. The second kappa shape index (κ2) is 7.26. The summed E-state index contributed by atoms with van der Waals surface area (Å²) in [5.74, 6) is 1.16. The van der Waals surface area contributed by atoms with E-state index in [0.717, 1.165) is 43.6 Å². The Morgan fingerprint density at radius 1 is 1.47 bits per heavy atom. The lowest BCUT2D eigenvalue weighted by Gasteiger charge is -2.20. The highest BCUT2D eigenvalue weighted by Gasteiger charge is 2.21. The average molecular weight is 276 g/mol. The molecule has 2 nitrogen and oxygen atoms in total. The van der Waals surface area contributed by atoms with Crippen molar-refractivity contribution in [2.24, 2.45) is 5.92 Å². The Morgan fingerprint density at radius 2 is 2.27 bits per heavy atom. The van der Waals surface area contributed by atoms with E-state index in [0.29, 0.717) is 5.91 Å².